The van der Waals surface area contributed by atoms with E-state index >= 15 is 0 Å². The number of nitrogens with zero attached hydrogens (tertiary/aromatic N) is 3. The molecule has 2 heterocycles. The summed E-state index contributed by atoms with van der Waals surface area (Å²) in [6.07, 6.45) is 2.08. The lowest BCUT2D eigenvalue weighted by molar-refractivity contribution is 0.0690. The summed E-state index contributed by atoms with van der Waals surface area (Å²) in [6, 6.07) is 2.66. The summed E-state index contributed by atoms with van der Waals surface area (Å²) >= 11 is 1.31. The quantitative estimate of drug-likeness (QED) is 0.876. The van der Waals surface area contributed by atoms with E-state index in [1.165, 1.54) is 29.7 Å². The van der Waals surface area contributed by atoms with E-state index in [4.69, 9.17) is 5.11 Å². The van der Waals surface area contributed by atoms with Crippen LogP contribution in [0.4, 0.5) is 5.13 Å². The van der Waals surface area contributed by atoms with Crippen molar-refractivity contribution in [2.24, 2.45) is 5.92 Å². The van der Waals surface area contributed by atoms with Gasteiger partial charge in [-0.3, -0.25) is 10.1 Å². The maximum Gasteiger partial charge on any atom is 0.354 e. The van der Waals surface area contributed by atoms with E-state index in [9.17, 15) is 9.59 Å². The average molecular weight is 306 g/mol. The number of carboxylic acid groups (broad SMARTS) is 1. The number of rotatable bonds is 5. The molecule has 0 spiro atoms. The Morgan fingerprint density at radius 1 is 1.38 bits per heavy atom. The highest BCUT2D eigenvalue weighted by atomic mass is 32.1. The van der Waals surface area contributed by atoms with E-state index in [-0.39, 0.29) is 11.3 Å². The van der Waals surface area contributed by atoms with Crippen LogP contribution >= 0.6 is 11.3 Å². The van der Waals surface area contributed by atoms with Gasteiger partial charge in [-0.1, -0.05) is 25.2 Å². The van der Waals surface area contributed by atoms with Crippen molar-refractivity contribution in [2.75, 3.05) is 5.32 Å². The van der Waals surface area contributed by atoms with Crippen molar-refractivity contribution in [3.8, 4) is 0 Å². The van der Waals surface area contributed by atoms with Gasteiger partial charge in [0, 0.05) is 18.2 Å². The summed E-state index contributed by atoms with van der Waals surface area (Å²) in [4.78, 5) is 26.5. The summed E-state index contributed by atoms with van der Waals surface area (Å²) in [5.41, 5.74) is 0.0309. The van der Waals surface area contributed by atoms with E-state index < -0.39 is 11.9 Å². The van der Waals surface area contributed by atoms with Crippen LogP contribution in [0.5, 0.6) is 0 Å². The van der Waals surface area contributed by atoms with E-state index in [1.807, 2.05) is 0 Å². The van der Waals surface area contributed by atoms with E-state index in [0.29, 0.717) is 11.0 Å². The second-order valence-corrected chi connectivity index (χ2v) is 5.85. The van der Waals surface area contributed by atoms with Crippen molar-refractivity contribution in [1.82, 2.24) is 15.2 Å². The summed E-state index contributed by atoms with van der Waals surface area (Å²) in [5.74, 6) is -1.16. The first-order valence-corrected chi connectivity index (χ1v) is 7.10. The van der Waals surface area contributed by atoms with Crippen LogP contribution in [-0.2, 0) is 6.42 Å². The van der Waals surface area contributed by atoms with Crippen LogP contribution in [0.15, 0.2) is 18.3 Å². The van der Waals surface area contributed by atoms with Crippen LogP contribution in [0.25, 0.3) is 0 Å². The molecule has 0 atom stereocenters. The number of nitrogens with one attached hydrogen (secondary N) is 1. The summed E-state index contributed by atoms with van der Waals surface area (Å²) in [6.45, 7) is 4.15. The second kappa shape index (κ2) is 6.40. The number of carbonyl (C=O) groups excluding carboxylic acids is 1. The highest BCUT2D eigenvalue weighted by Gasteiger charge is 2.13. The van der Waals surface area contributed by atoms with E-state index in [2.05, 4.69) is 34.3 Å². The van der Waals surface area contributed by atoms with Crippen molar-refractivity contribution in [3.05, 3.63) is 34.6 Å². The predicted molar refractivity (Wildman–Crippen MR) is 77.6 cm³/mol. The molecule has 8 heteroatoms. The van der Waals surface area contributed by atoms with E-state index in [1.54, 1.807) is 0 Å². The molecule has 0 bridgehead atoms. The van der Waals surface area contributed by atoms with Crippen LogP contribution < -0.4 is 5.32 Å². The minimum Gasteiger partial charge on any atom is -0.477 e. The van der Waals surface area contributed by atoms with Gasteiger partial charge in [0.1, 0.15) is 10.7 Å². The van der Waals surface area contributed by atoms with Crippen LogP contribution in [-0.4, -0.2) is 32.2 Å². The van der Waals surface area contributed by atoms with Gasteiger partial charge in [0.15, 0.2) is 0 Å². The fourth-order valence-corrected chi connectivity index (χ4v) is 2.54. The Kier molecular flexibility index (Phi) is 4.59. The molecule has 2 aromatic heterocycles. The molecular formula is C13H14N4O3S. The topological polar surface area (TPSA) is 105 Å². The van der Waals surface area contributed by atoms with Crippen LogP contribution in [0.2, 0.25) is 0 Å². The van der Waals surface area contributed by atoms with Crippen molar-refractivity contribution < 1.29 is 14.7 Å². The number of hydrogen-bond acceptors (Lipinski definition) is 6. The predicted octanol–water partition coefficient (Wildman–Crippen LogP) is 2.08. The molecule has 0 aliphatic heterocycles. The molecule has 7 nitrogen and oxygen atoms in total. The first kappa shape index (κ1) is 15.0. The van der Waals surface area contributed by atoms with Gasteiger partial charge >= 0.3 is 5.97 Å². The number of hydrogen-bond donors (Lipinski definition) is 2. The summed E-state index contributed by atoms with van der Waals surface area (Å²) in [5, 5.41) is 20.6. The monoisotopic (exact) mass is 306 g/mol. The first-order chi connectivity index (χ1) is 9.95. The van der Waals surface area contributed by atoms with Crippen molar-refractivity contribution in [1.29, 1.82) is 0 Å². The lowest BCUT2D eigenvalue weighted by atomic mass is 10.1. The fourth-order valence-electron chi connectivity index (χ4n) is 1.59. The average Bonchev–Trinajstić information content (AvgIpc) is 2.85. The molecule has 0 unspecified atom stereocenters. The normalized spacial score (nSPS) is 10.6. The highest BCUT2D eigenvalue weighted by molar-refractivity contribution is 7.15. The van der Waals surface area contributed by atoms with E-state index in [0.717, 1.165) is 11.4 Å². The molecule has 2 N–H and O–H groups in total. The second-order valence-electron chi connectivity index (χ2n) is 4.79. The van der Waals surface area contributed by atoms with Gasteiger partial charge in [0.25, 0.3) is 5.91 Å². The number of aromatic nitrogens is 3. The molecule has 0 radical (unpaired) electrons. The zero-order valence-corrected chi connectivity index (χ0v) is 12.3. The number of amides is 1. The zero-order chi connectivity index (χ0) is 15.4. The largest absolute Gasteiger partial charge is 0.477 e. The minimum atomic E-state index is -1.18. The Bertz CT molecular complexity index is 669. The molecule has 0 aromatic carbocycles. The van der Waals surface area contributed by atoms with Gasteiger partial charge < -0.3 is 5.11 Å². The number of pyridine rings is 1. The Morgan fingerprint density at radius 2 is 2.14 bits per heavy atom. The molecule has 110 valence electrons. The van der Waals surface area contributed by atoms with Gasteiger partial charge in [0.2, 0.25) is 5.13 Å². The lowest BCUT2D eigenvalue weighted by Crippen LogP contribution is -2.13. The molecular weight excluding hydrogens is 292 g/mol. The molecule has 0 aliphatic rings. The van der Waals surface area contributed by atoms with Gasteiger partial charge in [-0.2, -0.15) is 0 Å². The molecule has 1 amide bonds. The summed E-state index contributed by atoms with van der Waals surface area (Å²) < 4.78 is 0. The highest BCUT2D eigenvalue weighted by Crippen LogP contribution is 2.19. The Morgan fingerprint density at radius 3 is 2.81 bits per heavy atom. The molecule has 2 aromatic rings. The third-order valence-electron chi connectivity index (χ3n) is 2.51. The van der Waals surface area contributed by atoms with Crippen LogP contribution in [0.1, 0.15) is 39.7 Å². The molecule has 21 heavy (non-hydrogen) atoms. The third-order valence-corrected chi connectivity index (χ3v) is 3.37. The zero-order valence-electron chi connectivity index (χ0n) is 11.5. The Hall–Kier alpha value is -2.35. The summed E-state index contributed by atoms with van der Waals surface area (Å²) in [7, 11) is 0. The number of carboxylic acids is 1. The third kappa shape index (κ3) is 4.06. The Balaban J connectivity index is 2.09. The molecule has 0 fully saturated rings. The molecule has 0 saturated carbocycles. The van der Waals surface area contributed by atoms with Gasteiger partial charge in [0.05, 0.1) is 0 Å². The smallest absolute Gasteiger partial charge is 0.354 e. The number of anilines is 1. The number of carbonyl (C=O) groups is 2. The van der Waals surface area contributed by atoms with Crippen molar-refractivity contribution in [2.45, 2.75) is 20.3 Å². The van der Waals surface area contributed by atoms with Gasteiger partial charge in [-0.05, 0) is 18.1 Å². The minimum absolute atomic E-state index is 0.180. The molecule has 0 saturated heterocycles. The first-order valence-electron chi connectivity index (χ1n) is 6.28. The molecule has 0 aliphatic carbocycles. The maximum atomic E-state index is 12.0. The maximum absolute atomic E-state index is 12.0. The molecule has 2 rings (SSSR count). The van der Waals surface area contributed by atoms with Crippen molar-refractivity contribution >= 4 is 28.3 Å². The standard InChI is InChI=1S/C13H14N4O3S/c1-7(2)5-10-16-17-13(21-10)15-11(18)8-3-4-14-9(6-8)12(19)20/h3-4,6-7H,5H2,1-2H3,(H,19,20)(H,15,17,18). The van der Waals surface area contributed by atoms with Gasteiger partial charge in [-0.25, -0.2) is 9.78 Å². The lowest BCUT2D eigenvalue weighted by Gasteiger charge is -2.01. The van der Waals surface area contributed by atoms with Crippen LogP contribution in [0.3, 0.4) is 0 Å². The van der Waals surface area contributed by atoms with Gasteiger partial charge in [-0.15, -0.1) is 10.2 Å². The van der Waals surface area contributed by atoms with Crippen molar-refractivity contribution in [3.63, 3.8) is 0 Å². The Labute approximate surface area is 125 Å². The SMILES string of the molecule is CC(C)Cc1nnc(NC(=O)c2ccnc(C(=O)O)c2)s1. The van der Waals surface area contributed by atoms with Crippen LogP contribution in [0, 0.1) is 5.92 Å². The number of aromatic carboxylic acids is 1. The fraction of sp³-hybridized carbons (Fsp3) is 0.308.